The van der Waals surface area contributed by atoms with Gasteiger partial charge in [0.2, 0.25) is 5.89 Å². The standard InChI is InChI=1S/C44H26N4OS/c1-4-11-27(12-5-1)28-19-21-31(22-20-28)42-46-41(30-13-6-2-7-14-30)47-43(48-42)34-18-10-17-33-38-36(50-40(33)34)26-24-29-23-25-35-39(37(29)38)49-44(45-35)32-15-8-3-9-16-32/h1-26H. The van der Waals surface area contributed by atoms with Gasteiger partial charge in [0.15, 0.2) is 23.1 Å². The summed E-state index contributed by atoms with van der Waals surface area (Å²) in [5.74, 6) is 2.53. The first-order valence-corrected chi connectivity index (χ1v) is 17.3. The van der Waals surface area contributed by atoms with Crippen LogP contribution < -0.4 is 0 Å². The molecule has 50 heavy (non-hydrogen) atoms. The molecule has 3 heterocycles. The summed E-state index contributed by atoms with van der Waals surface area (Å²) < 4.78 is 8.82. The van der Waals surface area contributed by atoms with Gasteiger partial charge < -0.3 is 4.42 Å². The van der Waals surface area contributed by atoms with Crippen molar-refractivity contribution in [3.05, 3.63) is 158 Å². The minimum atomic E-state index is 0.619. The Morgan fingerprint density at radius 3 is 1.72 bits per heavy atom. The smallest absolute Gasteiger partial charge is 0.227 e. The maximum atomic E-state index is 6.54. The molecule has 0 atom stereocenters. The maximum absolute atomic E-state index is 6.54. The van der Waals surface area contributed by atoms with Gasteiger partial charge in [0.25, 0.3) is 0 Å². The lowest BCUT2D eigenvalue weighted by Gasteiger charge is -2.10. The second-order valence-electron chi connectivity index (χ2n) is 12.2. The van der Waals surface area contributed by atoms with Crippen LogP contribution in [0.5, 0.6) is 0 Å². The first kappa shape index (κ1) is 28.5. The van der Waals surface area contributed by atoms with E-state index >= 15 is 0 Å². The highest BCUT2D eigenvalue weighted by atomic mass is 32.1. The van der Waals surface area contributed by atoms with Gasteiger partial charge in [-0.15, -0.1) is 11.3 Å². The van der Waals surface area contributed by atoms with Gasteiger partial charge in [-0.05, 0) is 46.8 Å². The van der Waals surface area contributed by atoms with E-state index in [2.05, 4.69) is 84.9 Å². The fourth-order valence-corrected chi connectivity index (χ4v) is 7.97. The highest BCUT2D eigenvalue weighted by Gasteiger charge is 2.20. The van der Waals surface area contributed by atoms with Crippen LogP contribution in [0.3, 0.4) is 0 Å². The molecule has 6 heteroatoms. The number of nitrogens with zero attached hydrogens (tertiary/aromatic N) is 4. The molecule has 0 N–H and O–H groups in total. The Kier molecular flexibility index (Phi) is 6.60. The van der Waals surface area contributed by atoms with E-state index in [1.807, 2.05) is 72.8 Å². The lowest BCUT2D eigenvalue weighted by Crippen LogP contribution is -2.00. The topological polar surface area (TPSA) is 64.7 Å². The van der Waals surface area contributed by atoms with Crippen molar-refractivity contribution in [1.29, 1.82) is 0 Å². The van der Waals surface area contributed by atoms with E-state index in [1.54, 1.807) is 11.3 Å². The summed E-state index contributed by atoms with van der Waals surface area (Å²) in [5, 5.41) is 4.46. The van der Waals surface area contributed by atoms with E-state index in [1.165, 1.54) is 10.3 Å². The molecular weight excluding hydrogens is 633 g/mol. The van der Waals surface area contributed by atoms with E-state index in [0.717, 1.165) is 65.2 Å². The molecule has 0 unspecified atom stereocenters. The second kappa shape index (κ2) is 11.6. The molecule has 3 aromatic heterocycles. The van der Waals surface area contributed by atoms with Gasteiger partial charge in [0, 0.05) is 47.8 Å². The summed E-state index contributed by atoms with van der Waals surface area (Å²) in [5.41, 5.74) is 7.74. The highest BCUT2D eigenvalue weighted by molar-refractivity contribution is 7.26. The predicted molar refractivity (Wildman–Crippen MR) is 205 cm³/mol. The average molecular weight is 659 g/mol. The molecule has 0 aliphatic rings. The van der Waals surface area contributed by atoms with E-state index < -0.39 is 0 Å². The average Bonchev–Trinajstić information content (AvgIpc) is 3.81. The fourth-order valence-electron chi connectivity index (χ4n) is 6.75. The van der Waals surface area contributed by atoms with Crippen molar-refractivity contribution >= 4 is 53.4 Å². The van der Waals surface area contributed by atoms with E-state index in [9.17, 15) is 0 Å². The Morgan fingerprint density at radius 2 is 1.00 bits per heavy atom. The number of oxazole rings is 1. The largest absolute Gasteiger partial charge is 0.435 e. The Balaban J connectivity index is 1.17. The van der Waals surface area contributed by atoms with Crippen LogP contribution >= 0.6 is 11.3 Å². The highest BCUT2D eigenvalue weighted by Crippen LogP contribution is 2.45. The van der Waals surface area contributed by atoms with Gasteiger partial charge in [-0.1, -0.05) is 127 Å². The number of benzene rings is 7. The molecule has 10 rings (SSSR count). The number of aromatic nitrogens is 4. The van der Waals surface area contributed by atoms with Crippen LogP contribution in [0.15, 0.2) is 162 Å². The first-order chi connectivity index (χ1) is 24.8. The van der Waals surface area contributed by atoms with Gasteiger partial charge in [-0.2, -0.15) is 0 Å². The molecule has 0 saturated carbocycles. The third kappa shape index (κ3) is 4.77. The van der Waals surface area contributed by atoms with Gasteiger partial charge in [-0.3, -0.25) is 0 Å². The minimum absolute atomic E-state index is 0.619. The van der Waals surface area contributed by atoms with Crippen LogP contribution in [0.25, 0.3) is 98.8 Å². The van der Waals surface area contributed by atoms with Crippen LogP contribution in [0.4, 0.5) is 0 Å². The van der Waals surface area contributed by atoms with Crippen molar-refractivity contribution in [2.75, 3.05) is 0 Å². The molecule has 5 nitrogen and oxygen atoms in total. The summed E-state index contributed by atoms with van der Waals surface area (Å²) in [7, 11) is 0. The molecular formula is C44H26N4OS. The van der Waals surface area contributed by atoms with E-state index in [-0.39, 0.29) is 0 Å². The summed E-state index contributed by atoms with van der Waals surface area (Å²) in [6.07, 6.45) is 0. The molecule has 0 fully saturated rings. The summed E-state index contributed by atoms with van der Waals surface area (Å²) >= 11 is 1.75. The molecule has 0 aliphatic heterocycles. The SMILES string of the molecule is c1ccc(-c2ccc(-c3nc(-c4ccccc4)nc(-c4cccc5c4sc4ccc6ccc7nc(-c8ccccc8)oc7c6c45)n3)cc2)cc1. The minimum Gasteiger partial charge on any atom is -0.435 e. The molecule has 0 amide bonds. The number of fused-ring (bicyclic) bond motifs is 7. The molecule has 0 saturated heterocycles. The molecule has 10 aromatic rings. The van der Waals surface area contributed by atoms with Crippen LogP contribution in [0.2, 0.25) is 0 Å². The monoisotopic (exact) mass is 658 g/mol. The maximum Gasteiger partial charge on any atom is 0.227 e. The van der Waals surface area contributed by atoms with Gasteiger partial charge >= 0.3 is 0 Å². The van der Waals surface area contributed by atoms with Crippen molar-refractivity contribution in [2.45, 2.75) is 0 Å². The normalized spacial score (nSPS) is 11.6. The summed E-state index contributed by atoms with van der Waals surface area (Å²) in [6.45, 7) is 0. The van der Waals surface area contributed by atoms with Crippen molar-refractivity contribution < 1.29 is 4.42 Å². The van der Waals surface area contributed by atoms with Crippen LogP contribution in [-0.2, 0) is 0 Å². The summed E-state index contributed by atoms with van der Waals surface area (Å²) in [4.78, 5) is 20.1. The zero-order chi connectivity index (χ0) is 33.0. The third-order valence-corrected chi connectivity index (χ3v) is 10.4. The molecule has 0 radical (unpaired) electrons. The first-order valence-electron chi connectivity index (χ1n) is 16.5. The molecule has 0 spiro atoms. The van der Waals surface area contributed by atoms with E-state index in [0.29, 0.717) is 23.4 Å². The Hall–Kier alpha value is -6.50. The fraction of sp³-hybridized carbons (Fsp3) is 0. The Morgan fingerprint density at radius 1 is 0.420 bits per heavy atom. The summed E-state index contributed by atoms with van der Waals surface area (Å²) in [6, 6.07) is 53.9. The van der Waals surface area contributed by atoms with Gasteiger partial charge in [-0.25, -0.2) is 19.9 Å². The number of thiophene rings is 1. The Bertz CT molecular complexity index is 2850. The zero-order valence-electron chi connectivity index (χ0n) is 26.6. The zero-order valence-corrected chi connectivity index (χ0v) is 27.4. The molecule has 0 aliphatic carbocycles. The van der Waals surface area contributed by atoms with Crippen LogP contribution in [0, 0.1) is 0 Å². The van der Waals surface area contributed by atoms with Crippen molar-refractivity contribution in [2.24, 2.45) is 0 Å². The number of rotatable bonds is 5. The van der Waals surface area contributed by atoms with Gasteiger partial charge in [0.05, 0.1) is 0 Å². The quantitative estimate of drug-likeness (QED) is 0.184. The Labute approximate surface area is 291 Å². The van der Waals surface area contributed by atoms with E-state index in [4.69, 9.17) is 24.4 Å². The second-order valence-corrected chi connectivity index (χ2v) is 13.3. The number of hydrogen-bond acceptors (Lipinski definition) is 6. The lowest BCUT2D eigenvalue weighted by atomic mass is 10.0. The van der Waals surface area contributed by atoms with Crippen molar-refractivity contribution in [3.8, 4) is 56.7 Å². The predicted octanol–water partition coefficient (Wildman–Crippen LogP) is 11.9. The number of hydrogen-bond donors (Lipinski definition) is 0. The lowest BCUT2D eigenvalue weighted by molar-refractivity contribution is 0.623. The van der Waals surface area contributed by atoms with Crippen molar-refractivity contribution in [1.82, 2.24) is 19.9 Å². The molecule has 0 bridgehead atoms. The third-order valence-electron chi connectivity index (χ3n) is 9.18. The van der Waals surface area contributed by atoms with Crippen LogP contribution in [-0.4, -0.2) is 19.9 Å². The van der Waals surface area contributed by atoms with Crippen LogP contribution in [0.1, 0.15) is 0 Å². The molecule has 7 aromatic carbocycles. The molecule has 234 valence electrons. The van der Waals surface area contributed by atoms with Gasteiger partial charge in [0.1, 0.15) is 5.52 Å². The van der Waals surface area contributed by atoms with Crippen molar-refractivity contribution in [3.63, 3.8) is 0 Å².